The number of amides is 1. The van der Waals surface area contributed by atoms with Crippen molar-refractivity contribution in [1.82, 2.24) is 15.2 Å². The van der Waals surface area contributed by atoms with Crippen LogP contribution in [0.1, 0.15) is 12.5 Å². The summed E-state index contributed by atoms with van der Waals surface area (Å²) in [4.78, 5) is 15.9. The van der Waals surface area contributed by atoms with Gasteiger partial charge in [-0.05, 0) is 13.0 Å². The molecule has 0 aliphatic rings. The Bertz CT molecular complexity index is 583. The van der Waals surface area contributed by atoms with Crippen LogP contribution >= 0.6 is 0 Å². The molecule has 0 aliphatic carbocycles. The van der Waals surface area contributed by atoms with Crippen molar-refractivity contribution < 1.29 is 14.3 Å². The van der Waals surface area contributed by atoms with Crippen molar-refractivity contribution >= 4 is 11.9 Å². The van der Waals surface area contributed by atoms with Gasteiger partial charge in [-0.25, -0.2) is 5.10 Å². The van der Waals surface area contributed by atoms with E-state index in [2.05, 4.69) is 20.5 Å². The van der Waals surface area contributed by atoms with Gasteiger partial charge in [0.05, 0.1) is 20.1 Å². The summed E-state index contributed by atoms with van der Waals surface area (Å²) in [5.74, 6) is 0.720. The molecule has 7 nitrogen and oxygen atoms in total. The molecule has 0 saturated carbocycles. The van der Waals surface area contributed by atoms with Crippen molar-refractivity contribution in [2.75, 3.05) is 19.0 Å². The van der Waals surface area contributed by atoms with Crippen molar-refractivity contribution in [3.05, 3.63) is 29.8 Å². The minimum atomic E-state index is -0.214. The average Bonchev–Trinajstić information content (AvgIpc) is 2.87. The zero-order valence-electron chi connectivity index (χ0n) is 11.3. The quantitative estimate of drug-likeness (QED) is 0.832. The molecule has 106 valence electrons. The fraction of sp³-hybridized carbons (Fsp3) is 0.308. The first-order valence-corrected chi connectivity index (χ1v) is 6.20. The summed E-state index contributed by atoms with van der Waals surface area (Å²) >= 11 is 0. The molecule has 0 fully saturated rings. The number of ether oxygens (including phenoxy) is 2. The molecule has 20 heavy (non-hydrogen) atoms. The van der Waals surface area contributed by atoms with Crippen LogP contribution in [0.4, 0.5) is 5.95 Å². The van der Waals surface area contributed by atoms with E-state index in [1.54, 1.807) is 7.11 Å². The van der Waals surface area contributed by atoms with E-state index in [-0.39, 0.29) is 24.3 Å². The Labute approximate surface area is 116 Å². The molecular weight excluding hydrogens is 260 g/mol. The van der Waals surface area contributed by atoms with Crippen LogP contribution in [0.2, 0.25) is 0 Å². The maximum Gasteiger partial charge on any atom is 0.337 e. The minimum absolute atomic E-state index is 0.189. The first kappa shape index (κ1) is 13.9. The van der Waals surface area contributed by atoms with E-state index in [0.717, 1.165) is 5.56 Å². The summed E-state index contributed by atoms with van der Waals surface area (Å²) in [6.45, 7) is 2.29. The van der Waals surface area contributed by atoms with Crippen LogP contribution in [0.15, 0.2) is 24.3 Å². The van der Waals surface area contributed by atoms with Crippen LogP contribution < -0.4 is 14.8 Å². The number of carbonyl (C=O) groups is 1. The number of aromatic amines is 1. The van der Waals surface area contributed by atoms with E-state index in [4.69, 9.17) is 9.47 Å². The molecule has 0 spiro atoms. The first-order valence-electron chi connectivity index (χ1n) is 6.20. The number of H-pyrrole nitrogens is 1. The number of methoxy groups -OCH3 is 1. The molecule has 1 amide bonds. The molecule has 2 aromatic rings. The number of anilines is 1. The number of carbonyl (C=O) groups excluding carboxylic acids is 1. The van der Waals surface area contributed by atoms with Crippen molar-refractivity contribution in [2.45, 2.75) is 13.3 Å². The van der Waals surface area contributed by atoms with Gasteiger partial charge in [0.2, 0.25) is 11.9 Å². The monoisotopic (exact) mass is 276 g/mol. The van der Waals surface area contributed by atoms with Gasteiger partial charge in [-0.3, -0.25) is 10.1 Å². The van der Waals surface area contributed by atoms with Crippen molar-refractivity contribution in [3.8, 4) is 11.8 Å². The lowest BCUT2D eigenvalue weighted by atomic mass is 10.1. The number of hydrogen-bond donors (Lipinski definition) is 2. The maximum absolute atomic E-state index is 11.9. The normalized spacial score (nSPS) is 10.1. The molecule has 0 unspecified atom stereocenters. The standard InChI is InChI=1S/C13H16N4O3/c1-3-20-13-15-12(16-17-13)14-11(18)8-9-6-4-5-7-10(9)19-2/h4-7H,3,8H2,1-2H3,(H2,14,15,16,17,18). The summed E-state index contributed by atoms with van der Waals surface area (Å²) in [7, 11) is 1.57. The molecule has 2 N–H and O–H groups in total. The zero-order chi connectivity index (χ0) is 14.4. The molecule has 7 heteroatoms. The highest BCUT2D eigenvalue weighted by molar-refractivity contribution is 5.91. The van der Waals surface area contributed by atoms with Gasteiger partial charge in [0.1, 0.15) is 5.75 Å². The zero-order valence-corrected chi connectivity index (χ0v) is 11.3. The SMILES string of the molecule is CCOc1n[nH]c(NC(=O)Cc2ccccc2OC)n1. The number of nitrogens with one attached hydrogen (secondary N) is 2. The highest BCUT2D eigenvalue weighted by Gasteiger charge is 2.11. The number of benzene rings is 1. The fourth-order valence-electron chi connectivity index (χ4n) is 1.69. The maximum atomic E-state index is 11.9. The first-order chi connectivity index (χ1) is 9.72. The van der Waals surface area contributed by atoms with Gasteiger partial charge in [-0.1, -0.05) is 18.2 Å². The van der Waals surface area contributed by atoms with E-state index in [9.17, 15) is 4.79 Å². The Kier molecular flexibility index (Phi) is 4.54. The summed E-state index contributed by atoms with van der Waals surface area (Å²) in [5, 5.41) is 9.01. The number of hydrogen-bond acceptors (Lipinski definition) is 5. The molecular formula is C13H16N4O3. The molecule has 0 bridgehead atoms. The van der Waals surface area contributed by atoms with E-state index in [0.29, 0.717) is 12.4 Å². The lowest BCUT2D eigenvalue weighted by Gasteiger charge is -2.07. The van der Waals surface area contributed by atoms with Gasteiger partial charge < -0.3 is 9.47 Å². The minimum Gasteiger partial charge on any atom is -0.496 e. The number of para-hydroxylation sites is 1. The molecule has 1 heterocycles. The van der Waals surface area contributed by atoms with Gasteiger partial charge in [-0.2, -0.15) is 4.98 Å². The number of aromatic nitrogens is 3. The molecule has 2 rings (SSSR count). The third-order valence-corrected chi connectivity index (χ3v) is 2.54. The Morgan fingerprint density at radius 1 is 1.40 bits per heavy atom. The lowest BCUT2D eigenvalue weighted by Crippen LogP contribution is -2.15. The summed E-state index contributed by atoms with van der Waals surface area (Å²) in [6, 6.07) is 7.56. The van der Waals surface area contributed by atoms with Crippen LogP contribution in [-0.4, -0.2) is 34.8 Å². The van der Waals surface area contributed by atoms with Gasteiger partial charge in [0.15, 0.2) is 0 Å². The predicted octanol–water partition coefficient (Wildman–Crippen LogP) is 1.39. The van der Waals surface area contributed by atoms with Crippen molar-refractivity contribution in [1.29, 1.82) is 0 Å². The Hall–Kier alpha value is -2.57. The Balaban J connectivity index is 1.97. The summed E-state index contributed by atoms with van der Waals surface area (Å²) in [6.07, 6.45) is 0.189. The van der Waals surface area contributed by atoms with Gasteiger partial charge >= 0.3 is 6.01 Å². The van der Waals surface area contributed by atoms with Gasteiger partial charge in [-0.15, -0.1) is 5.10 Å². The number of nitrogens with zero attached hydrogens (tertiary/aromatic N) is 2. The summed E-state index contributed by atoms with van der Waals surface area (Å²) < 4.78 is 10.3. The topological polar surface area (TPSA) is 89.1 Å². The average molecular weight is 276 g/mol. The molecule has 0 radical (unpaired) electrons. The van der Waals surface area contributed by atoms with Crippen molar-refractivity contribution in [2.24, 2.45) is 0 Å². The highest BCUT2D eigenvalue weighted by atomic mass is 16.5. The number of rotatable bonds is 6. The Morgan fingerprint density at radius 2 is 2.20 bits per heavy atom. The van der Waals surface area contributed by atoms with E-state index in [1.165, 1.54) is 0 Å². The van der Waals surface area contributed by atoms with E-state index < -0.39 is 0 Å². The van der Waals surface area contributed by atoms with Crippen LogP contribution in [0.25, 0.3) is 0 Å². The molecule has 0 aliphatic heterocycles. The lowest BCUT2D eigenvalue weighted by molar-refractivity contribution is -0.115. The largest absolute Gasteiger partial charge is 0.496 e. The molecule has 0 atom stereocenters. The second-order valence-electron chi connectivity index (χ2n) is 3.94. The second kappa shape index (κ2) is 6.55. The predicted molar refractivity (Wildman–Crippen MR) is 72.9 cm³/mol. The smallest absolute Gasteiger partial charge is 0.337 e. The Morgan fingerprint density at radius 3 is 2.95 bits per heavy atom. The highest BCUT2D eigenvalue weighted by Crippen LogP contribution is 2.18. The van der Waals surface area contributed by atoms with Crippen molar-refractivity contribution in [3.63, 3.8) is 0 Å². The second-order valence-corrected chi connectivity index (χ2v) is 3.94. The van der Waals surface area contributed by atoms with E-state index >= 15 is 0 Å². The molecule has 1 aromatic heterocycles. The van der Waals surface area contributed by atoms with Crippen LogP contribution in [0, 0.1) is 0 Å². The molecule has 1 aromatic carbocycles. The third-order valence-electron chi connectivity index (χ3n) is 2.54. The van der Waals surface area contributed by atoms with Gasteiger partial charge in [0, 0.05) is 5.56 Å². The van der Waals surface area contributed by atoms with Crippen LogP contribution in [-0.2, 0) is 11.2 Å². The van der Waals surface area contributed by atoms with Crippen LogP contribution in [0.3, 0.4) is 0 Å². The van der Waals surface area contributed by atoms with E-state index in [1.807, 2.05) is 31.2 Å². The fourth-order valence-corrected chi connectivity index (χ4v) is 1.69. The molecule has 0 saturated heterocycles. The van der Waals surface area contributed by atoms with Gasteiger partial charge in [0.25, 0.3) is 0 Å². The van der Waals surface area contributed by atoms with Crippen LogP contribution in [0.5, 0.6) is 11.8 Å². The summed E-state index contributed by atoms with van der Waals surface area (Å²) in [5.41, 5.74) is 0.803. The third kappa shape index (κ3) is 3.47.